The Kier molecular flexibility index (Phi) is 5.42. The molecule has 17 heavy (non-hydrogen) atoms. The molecule has 1 heterocycles. The highest BCUT2D eigenvalue weighted by atomic mass is 16.5. The maximum atomic E-state index is 11.4. The number of aryl methyl sites for hydroxylation is 1. The summed E-state index contributed by atoms with van der Waals surface area (Å²) in [4.78, 5) is 15.4. The average molecular weight is 238 g/mol. The van der Waals surface area contributed by atoms with Gasteiger partial charge in [-0.3, -0.25) is 9.78 Å². The molecule has 0 bridgehead atoms. The summed E-state index contributed by atoms with van der Waals surface area (Å²) in [5, 5.41) is 11.7. The first-order chi connectivity index (χ1) is 8.11. The quantitative estimate of drug-likeness (QED) is 0.758. The first-order valence-electron chi connectivity index (χ1n) is 5.54. The monoisotopic (exact) mass is 238 g/mol. The van der Waals surface area contributed by atoms with E-state index < -0.39 is 6.10 Å². The maximum Gasteiger partial charge on any atom is 0.220 e. The van der Waals surface area contributed by atoms with E-state index in [0.29, 0.717) is 18.6 Å². The number of carbonyl (C=O) groups excluding carboxylic acids is 1. The van der Waals surface area contributed by atoms with Gasteiger partial charge in [-0.1, -0.05) is 0 Å². The fourth-order valence-corrected chi connectivity index (χ4v) is 1.32. The van der Waals surface area contributed by atoms with Gasteiger partial charge in [-0.2, -0.15) is 0 Å². The first kappa shape index (κ1) is 13.4. The van der Waals surface area contributed by atoms with Crippen LogP contribution < -0.4 is 10.1 Å². The number of aliphatic hydroxyl groups is 1. The number of methoxy groups -OCH3 is 1. The molecule has 1 atom stereocenters. The molecule has 1 aromatic rings. The molecule has 0 spiro atoms. The van der Waals surface area contributed by atoms with Crippen molar-refractivity contribution < 1.29 is 14.6 Å². The third-order valence-electron chi connectivity index (χ3n) is 2.24. The molecule has 0 fully saturated rings. The van der Waals surface area contributed by atoms with Crippen LogP contribution in [0.5, 0.6) is 5.75 Å². The molecule has 0 aliphatic rings. The zero-order valence-corrected chi connectivity index (χ0v) is 10.1. The summed E-state index contributed by atoms with van der Waals surface area (Å²) in [6.45, 7) is 1.92. The Labute approximate surface area is 101 Å². The van der Waals surface area contributed by atoms with Gasteiger partial charge in [-0.15, -0.1) is 0 Å². The minimum Gasteiger partial charge on any atom is -0.495 e. The molecular weight excluding hydrogens is 220 g/mol. The van der Waals surface area contributed by atoms with Gasteiger partial charge in [0.15, 0.2) is 0 Å². The van der Waals surface area contributed by atoms with Crippen molar-refractivity contribution in [2.45, 2.75) is 25.9 Å². The molecule has 94 valence electrons. The second-order valence-corrected chi connectivity index (χ2v) is 3.89. The number of hydrogen-bond acceptors (Lipinski definition) is 4. The van der Waals surface area contributed by atoms with Gasteiger partial charge in [0.1, 0.15) is 5.75 Å². The van der Waals surface area contributed by atoms with Crippen LogP contribution in [-0.2, 0) is 11.2 Å². The number of pyridine rings is 1. The van der Waals surface area contributed by atoms with Gasteiger partial charge in [0, 0.05) is 19.2 Å². The van der Waals surface area contributed by atoms with Crippen LogP contribution in [0.4, 0.5) is 0 Å². The minimum atomic E-state index is -0.516. The molecule has 1 amide bonds. The van der Waals surface area contributed by atoms with Crippen LogP contribution in [0.3, 0.4) is 0 Å². The molecular formula is C12H18N2O3. The first-order valence-corrected chi connectivity index (χ1v) is 5.54. The summed E-state index contributed by atoms with van der Waals surface area (Å²) < 4.78 is 5.04. The zero-order valence-electron chi connectivity index (χ0n) is 10.1. The SMILES string of the molecule is COc1cncc(CCC(=O)NCC(C)O)c1. The van der Waals surface area contributed by atoms with Gasteiger partial charge >= 0.3 is 0 Å². The number of rotatable bonds is 6. The Balaban J connectivity index is 2.36. The number of aliphatic hydroxyl groups excluding tert-OH is 1. The Bertz CT molecular complexity index is 367. The van der Waals surface area contributed by atoms with Crippen molar-refractivity contribution in [2.75, 3.05) is 13.7 Å². The van der Waals surface area contributed by atoms with Crippen LogP contribution in [0.15, 0.2) is 18.5 Å². The van der Waals surface area contributed by atoms with Crippen molar-refractivity contribution in [3.05, 3.63) is 24.0 Å². The van der Waals surface area contributed by atoms with Crippen molar-refractivity contribution >= 4 is 5.91 Å². The third-order valence-corrected chi connectivity index (χ3v) is 2.24. The van der Waals surface area contributed by atoms with Gasteiger partial charge in [0.2, 0.25) is 5.91 Å². The number of ether oxygens (including phenoxy) is 1. The highest BCUT2D eigenvalue weighted by molar-refractivity contribution is 5.76. The topological polar surface area (TPSA) is 71.5 Å². The van der Waals surface area contributed by atoms with Crippen LogP contribution in [-0.4, -0.2) is 35.8 Å². The van der Waals surface area contributed by atoms with Crippen molar-refractivity contribution in [1.29, 1.82) is 0 Å². The summed E-state index contributed by atoms with van der Waals surface area (Å²) >= 11 is 0. The summed E-state index contributed by atoms with van der Waals surface area (Å²) in [7, 11) is 1.58. The largest absolute Gasteiger partial charge is 0.495 e. The number of carbonyl (C=O) groups is 1. The van der Waals surface area contributed by atoms with Crippen LogP contribution in [0, 0.1) is 0 Å². The van der Waals surface area contributed by atoms with Gasteiger partial charge in [-0.05, 0) is 25.0 Å². The van der Waals surface area contributed by atoms with E-state index in [1.54, 1.807) is 26.4 Å². The van der Waals surface area contributed by atoms with E-state index in [4.69, 9.17) is 9.84 Å². The lowest BCUT2D eigenvalue weighted by Crippen LogP contribution is -2.30. The normalized spacial score (nSPS) is 11.9. The van der Waals surface area contributed by atoms with Crippen LogP contribution in [0.1, 0.15) is 18.9 Å². The molecule has 0 aromatic carbocycles. The molecule has 1 unspecified atom stereocenters. The van der Waals surface area contributed by atoms with Crippen LogP contribution in [0.25, 0.3) is 0 Å². The predicted molar refractivity (Wildman–Crippen MR) is 63.8 cm³/mol. The van der Waals surface area contributed by atoms with Gasteiger partial charge < -0.3 is 15.2 Å². The standard InChI is InChI=1S/C12H18N2O3/c1-9(15)6-14-12(16)4-3-10-5-11(17-2)8-13-7-10/h5,7-9,15H,3-4,6H2,1-2H3,(H,14,16). The number of hydrogen-bond donors (Lipinski definition) is 2. The molecule has 0 aliphatic heterocycles. The molecule has 0 radical (unpaired) electrons. The lowest BCUT2D eigenvalue weighted by molar-refractivity contribution is -0.121. The molecule has 0 saturated heterocycles. The maximum absolute atomic E-state index is 11.4. The van der Waals surface area contributed by atoms with E-state index in [1.165, 1.54) is 0 Å². The molecule has 5 nitrogen and oxygen atoms in total. The lowest BCUT2D eigenvalue weighted by atomic mass is 10.1. The molecule has 1 aromatic heterocycles. The van der Waals surface area contributed by atoms with Crippen LogP contribution >= 0.6 is 0 Å². The van der Waals surface area contributed by atoms with Crippen molar-refractivity contribution in [2.24, 2.45) is 0 Å². The van der Waals surface area contributed by atoms with Crippen LogP contribution in [0.2, 0.25) is 0 Å². The molecule has 5 heteroatoms. The number of aromatic nitrogens is 1. The van der Waals surface area contributed by atoms with E-state index in [1.807, 2.05) is 6.07 Å². The summed E-state index contributed by atoms with van der Waals surface area (Å²) in [5.41, 5.74) is 0.955. The highest BCUT2D eigenvalue weighted by Gasteiger charge is 2.04. The Morgan fingerprint density at radius 1 is 1.59 bits per heavy atom. The number of nitrogens with zero attached hydrogens (tertiary/aromatic N) is 1. The summed E-state index contributed by atoms with van der Waals surface area (Å²) in [6.07, 6.45) is 3.80. The van der Waals surface area contributed by atoms with Crippen molar-refractivity contribution in [3.8, 4) is 5.75 Å². The fourth-order valence-electron chi connectivity index (χ4n) is 1.32. The lowest BCUT2D eigenvalue weighted by Gasteiger charge is -2.07. The van der Waals surface area contributed by atoms with E-state index in [9.17, 15) is 4.79 Å². The number of amides is 1. The summed E-state index contributed by atoms with van der Waals surface area (Å²) in [5.74, 6) is 0.612. The van der Waals surface area contributed by atoms with Gasteiger partial charge in [0.25, 0.3) is 0 Å². The molecule has 1 rings (SSSR count). The van der Waals surface area contributed by atoms with Crippen molar-refractivity contribution in [3.63, 3.8) is 0 Å². The molecule has 2 N–H and O–H groups in total. The minimum absolute atomic E-state index is 0.0753. The average Bonchev–Trinajstić information content (AvgIpc) is 2.34. The van der Waals surface area contributed by atoms with E-state index in [2.05, 4.69) is 10.3 Å². The highest BCUT2D eigenvalue weighted by Crippen LogP contribution is 2.11. The number of nitrogens with one attached hydrogen (secondary N) is 1. The predicted octanol–water partition coefficient (Wildman–Crippen LogP) is 0.520. The zero-order chi connectivity index (χ0) is 12.7. The Hall–Kier alpha value is -1.62. The van der Waals surface area contributed by atoms with E-state index in [0.717, 1.165) is 5.56 Å². The van der Waals surface area contributed by atoms with Gasteiger partial charge in [-0.25, -0.2) is 0 Å². The molecule has 0 saturated carbocycles. The van der Waals surface area contributed by atoms with E-state index in [-0.39, 0.29) is 12.5 Å². The summed E-state index contributed by atoms with van der Waals surface area (Å²) in [6, 6.07) is 1.86. The van der Waals surface area contributed by atoms with Crippen molar-refractivity contribution in [1.82, 2.24) is 10.3 Å². The van der Waals surface area contributed by atoms with Gasteiger partial charge in [0.05, 0.1) is 19.4 Å². The second-order valence-electron chi connectivity index (χ2n) is 3.89. The Morgan fingerprint density at radius 3 is 3.00 bits per heavy atom. The smallest absolute Gasteiger partial charge is 0.220 e. The van der Waals surface area contributed by atoms with E-state index >= 15 is 0 Å². The Morgan fingerprint density at radius 2 is 2.35 bits per heavy atom. The second kappa shape index (κ2) is 6.85. The fraction of sp³-hybridized carbons (Fsp3) is 0.500. The third kappa shape index (κ3) is 5.31. The molecule has 0 aliphatic carbocycles.